The zero-order chi connectivity index (χ0) is 25.0. The Morgan fingerprint density at radius 1 is 1.09 bits per heavy atom. The standard InChI is InChI=1S/C28H37ClN2O4/c1-3-18-35-24-15-14-22(19-25(24)34-2)27(28(33)30-23-12-8-5-9-13-23)31(26(32)20-29)17-16-21-10-6-4-7-11-21/h4,6-7,10-11,14-15,19,23,27H,3,5,8-9,12-13,16-18,20H2,1-2H3,(H,30,33)/t27-/m0/s1. The molecule has 2 amide bonds. The number of hydrogen-bond donors (Lipinski definition) is 1. The number of methoxy groups -OCH3 is 1. The highest BCUT2D eigenvalue weighted by Crippen LogP contribution is 2.33. The summed E-state index contributed by atoms with van der Waals surface area (Å²) in [5.41, 5.74) is 1.76. The first-order chi connectivity index (χ1) is 17.1. The first kappa shape index (κ1) is 26.9. The van der Waals surface area contributed by atoms with E-state index in [0.717, 1.165) is 37.7 Å². The molecule has 1 N–H and O–H groups in total. The topological polar surface area (TPSA) is 67.9 Å². The summed E-state index contributed by atoms with van der Waals surface area (Å²) in [6.07, 6.45) is 6.80. The first-order valence-corrected chi connectivity index (χ1v) is 13.1. The quantitative estimate of drug-likeness (QED) is 0.402. The summed E-state index contributed by atoms with van der Waals surface area (Å²) in [5, 5.41) is 3.21. The smallest absolute Gasteiger partial charge is 0.247 e. The van der Waals surface area contributed by atoms with Crippen LogP contribution >= 0.6 is 11.6 Å². The van der Waals surface area contributed by atoms with Gasteiger partial charge in [-0.25, -0.2) is 0 Å². The number of hydrogen-bond acceptors (Lipinski definition) is 4. The third-order valence-corrected chi connectivity index (χ3v) is 6.62. The average molecular weight is 501 g/mol. The molecule has 0 heterocycles. The second kappa shape index (κ2) is 14.0. The fraction of sp³-hybridized carbons (Fsp3) is 0.500. The van der Waals surface area contributed by atoms with Crippen molar-refractivity contribution in [2.75, 3.05) is 26.1 Å². The minimum atomic E-state index is -0.819. The summed E-state index contributed by atoms with van der Waals surface area (Å²) in [4.78, 5) is 28.4. The zero-order valence-corrected chi connectivity index (χ0v) is 21.6. The van der Waals surface area contributed by atoms with Crippen molar-refractivity contribution in [3.8, 4) is 11.5 Å². The molecular formula is C28H37ClN2O4. The van der Waals surface area contributed by atoms with Crippen molar-refractivity contribution < 1.29 is 19.1 Å². The maximum absolute atomic E-state index is 13.7. The molecule has 0 aromatic heterocycles. The molecule has 1 aliphatic rings. The van der Waals surface area contributed by atoms with E-state index in [0.29, 0.717) is 36.6 Å². The maximum Gasteiger partial charge on any atom is 0.247 e. The van der Waals surface area contributed by atoms with Crippen LogP contribution in [0.4, 0.5) is 0 Å². The predicted octanol–water partition coefficient (Wildman–Crippen LogP) is 5.28. The Morgan fingerprint density at radius 2 is 1.83 bits per heavy atom. The minimum Gasteiger partial charge on any atom is -0.493 e. The number of benzene rings is 2. The molecule has 1 aliphatic carbocycles. The van der Waals surface area contributed by atoms with Crippen LogP contribution in [0.25, 0.3) is 0 Å². The van der Waals surface area contributed by atoms with Crippen LogP contribution in [-0.4, -0.2) is 48.9 Å². The molecule has 35 heavy (non-hydrogen) atoms. The lowest BCUT2D eigenvalue weighted by atomic mass is 9.94. The summed E-state index contributed by atoms with van der Waals surface area (Å²) in [5.74, 6) is 0.484. The van der Waals surface area contributed by atoms with Crippen LogP contribution in [0.15, 0.2) is 48.5 Å². The molecule has 0 radical (unpaired) electrons. The molecule has 0 spiro atoms. The Bertz CT molecular complexity index is 947. The molecule has 1 atom stereocenters. The van der Waals surface area contributed by atoms with Gasteiger partial charge < -0.3 is 19.7 Å². The number of halogens is 1. The molecule has 2 aromatic carbocycles. The van der Waals surface area contributed by atoms with Gasteiger partial charge in [0.05, 0.1) is 13.7 Å². The van der Waals surface area contributed by atoms with Gasteiger partial charge in [-0.2, -0.15) is 0 Å². The van der Waals surface area contributed by atoms with Crippen molar-refractivity contribution in [3.05, 3.63) is 59.7 Å². The van der Waals surface area contributed by atoms with E-state index in [4.69, 9.17) is 21.1 Å². The molecule has 3 rings (SSSR count). The van der Waals surface area contributed by atoms with Crippen molar-refractivity contribution in [3.63, 3.8) is 0 Å². The van der Waals surface area contributed by atoms with Gasteiger partial charge in [-0.3, -0.25) is 9.59 Å². The van der Waals surface area contributed by atoms with Gasteiger partial charge in [0, 0.05) is 12.6 Å². The summed E-state index contributed by atoms with van der Waals surface area (Å²) in [7, 11) is 1.58. The maximum atomic E-state index is 13.7. The van der Waals surface area contributed by atoms with Gasteiger partial charge in [0.15, 0.2) is 11.5 Å². The van der Waals surface area contributed by atoms with Crippen LogP contribution in [0.2, 0.25) is 0 Å². The molecule has 0 unspecified atom stereocenters. The molecule has 0 aliphatic heterocycles. The number of carbonyl (C=O) groups is 2. The number of carbonyl (C=O) groups excluding carboxylic acids is 2. The molecule has 0 bridgehead atoms. The van der Waals surface area contributed by atoms with E-state index in [1.807, 2.05) is 49.4 Å². The number of nitrogens with zero attached hydrogens (tertiary/aromatic N) is 1. The van der Waals surface area contributed by atoms with Gasteiger partial charge in [0.2, 0.25) is 11.8 Å². The van der Waals surface area contributed by atoms with E-state index in [1.54, 1.807) is 18.1 Å². The summed E-state index contributed by atoms with van der Waals surface area (Å²) in [6, 6.07) is 14.7. The number of ether oxygens (including phenoxy) is 2. The van der Waals surface area contributed by atoms with E-state index in [9.17, 15) is 9.59 Å². The Hall–Kier alpha value is -2.73. The third kappa shape index (κ3) is 7.63. The number of rotatable bonds is 12. The summed E-state index contributed by atoms with van der Waals surface area (Å²) in [6.45, 7) is 2.97. The van der Waals surface area contributed by atoms with Gasteiger partial charge in [0.25, 0.3) is 0 Å². The fourth-order valence-electron chi connectivity index (χ4n) is 4.55. The van der Waals surface area contributed by atoms with Gasteiger partial charge in [-0.15, -0.1) is 11.6 Å². The lowest BCUT2D eigenvalue weighted by Crippen LogP contribution is -2.48. The normalized spacial score (nSPS) is 14.7. The number of nitrogens with one attached hydrogen (secondary N) is 1. The lowest BCUT2D eigenvalue weighted by molar-refractivity contribution is -0.139. The van der Waals surface area contributed by atoms with E-state index < -0.39 is 6.04 Å². The van der Waals surface area contributed by atoms with E-state index in [1.165, 1.54) is 6.42 Å². The largest absolute Gasteiger partial charge is 0.493 e. The molecule has 1 saturated carbocycles. The highest BCUT2D eigenvalue weighted by molar-refractivity contribution is 6.27. The molecule has 2 aromatic rings. The van der Waals surface area contributed by atoms with Crippen LogP contribution in [0.1, 0.15) is 62.6 Å². The molecule has 1 fully saturated rings. The van der Waals surface area contributed by atoms with Crippen LogP contribution in [0.5, 0.6) is 11.5 Å². The van der Waals surface area contributed by atoms with Crippen LogP contribution in [0, 0.1) is 0 Å². The van der Waals surface area contributed by atoms with Crippen molar-refractivity contribution in [1.82, 2.24) is 10.2 Å². The third-order valence-electron chi connectivity index (χ3n) is 6.40. The molecular weight excluding hydrogens is 464 g/mol. The predicted molar refractivity (Wildman–Crippen MR) is 139 cm³/mol. The lowest BCUT2D eigenvalue weighted by Gasteiger charge is -2.33. The van der Waals surface area contributed by atoms with Crippen LogP contribution in [-0.2, 0) is 16.0 Å². The van der Waals surface area contributed by atoms with Crippen molar-refractivity contribution in [2.24, 2.45) is 0 Å². The molecule has 7 heteroatoms. The Kier molecular flexibility index (Phi) is 10.7. The minimum absolute atomic E-state index is 0.120. The van der Waals surface area contributed by atoms with Gasteiger partial charge in [0.1, 0.15) is 11.9 Å². The highest BCUT2D eigenvalue weighted by Gasteiger charge is 2.33. The van der Waals surface area contributed by atoms with Crippen LogP contribution < -0.4 is 14.8 Å². The fourth-order valence-corrected chi connectivity index (χ4v) is 4.71. The number of amides is 2. The van der Waals surface area contributed by atoms with Gasteiger partial charge >= 0.3 is 0 Å². The first-order valence-electron chi connectivity index (χ1n) is 12.6. The average Bonchev–Trinajstić information content (AvgIpc) is 2.90. The molecule has 190 valence electrons. The van der Waals surface area contributed by atoms with Gasteiger partial charge in [-0.05, 0) is 48.9 Å². The molecule has 6 nitrogen and oxygen atoms in total. The Morgan fingerprint density at radius 3 is 2.49 bits per heavy atom. The second-order valence-electron chi connectivity index (χ2n) is 8.96. The van der Waals surface area contributed by atoms with E-state index in [-0.39, 0.29) is 23.7 Å². The molecule has 0 saturated heterocycles. The van der Waals surface area contributed by atoms with Crippen molar-refractivity contribution in [1.29, 1.82) is 0 Å². The monoisotopic (exact) mass is 500 g/mol. The van der Waals surface area contributed by atoms with Crippen LogP contribution in [0.3, 0.4) is 0 Å². The zero-order valence-electron chi connectivity index (χ0n) is 20.8. The van der Waals surface area contributed by atoms with E-state index in [2.05, 4.69) is 5.32 Å². The highest BCUT2D eigenvalue weighted by atomic mass is 35.5. The van der Waals surface area contributed by atoms with E-state index >= 15 is 0 Å². The van der Waals surface area contributed by atoms with Crippen molar-refractivity contribution in [2.45, 2.75) is 64.0 Å². The number of alkyl halides is 1. The van der Waals surface area contributed by atoms with Gasteiger partial charge in [-0.1, -0.05) is 62.6 Å². The summed E-state index contributed by atoms with van der Waals surface area (Å²) < 4.78 is 11.4. The Labute approximate surface area is 213 Å². The Balaban J connectivity index is 1.94. The summed E-state index contributed by atoms with van der Waals surface area (Å²) >= 11 is 6.03. The second-order valence-corrected chi connectivity index (χ2v) is 9.23. The van der Waals surface area contributed by atoms with Crippen molar-refractivity contribution >= 4 is 23.4 Å². The SMILES string of the molecule is CCCOc1ccc([C@@H](C(=O)NC2CCCCC2)N(CCc2ccccc2)C(=O)CCl)cc1OC.